The first-order chi connectivity index (χ1) is 8.33. The maximum Gasteiger partial charge on any atom is 0.0917 e. The van der Waals surface area contributed by atoms with Crippen LogP contribution in [0.25, 0.3) is 0 Å². The molecule has 98 valence electrons. The molecule has 0 aromatic heterocycles. The Kier molecular flexibility index (Phi) is 4.90. The molecule has 2 heterocycles. The van der Waals surface area contributed by atoms with Crippen LogP contribution in [-0.2, 0) is 9.47 Å². The third kappa shape index (κ3) is 3.48. The van der Waals surface area contributed by atoms with Gasteiger partial charge in [0.1, 0.15) is 0 Å². The van der Waals surface area contributed by atoms with Crippen LogP contribution in [0, 0.1) is 11.8 Å². The quantitative estimate of drug-likeness (QED) is 0.739. The largest absolute Gasteiger partial charge is 0.498 e. The summed E-state index contributed by atoms with van der Waals surface area (Å²) in [5, 5.41) is 0. The summed E-state index contributed by atoms with van der Waals surface area (Å²) in [6, 6.07) is 0. The first kappa shape index (κ1) is 12.9. The second kappa shape index (κ2) is 6.44. The Morgan fingerprint density at radius 2 is 2.06 bits per heavy atom. The molecule has 2 rings (SSSR count). The molecule has 1 fully saturated rings. The monoisotopic (exact) mass is 238 g/mol. The molecule has 3 atom stereocenters. The van der Waals surface area contributed by atoms with Crippen LogP contribution in [0.3, 0.4) is 0 Å². The van der Waals surface area contributed by atoms with Crippen LogP contribution < -0.4 is 0 Å². The second-order valence-electron chi connectivity index (χ2n) is 5.41. The van der Waals surface area contributed by atoms with Crippen molar-refractivity contribution in [3.8, 4) is 0 Å². The fourth-order valence-corrected chi connectivity index (χ4v) is 2.95. The molecule has 0 saturated carbocycles. The van der Waals surface area contributed by atoms with Crippen molar-refractivity contribution in [2.24, 2.45) is 11.8 Å². The minimum absolute atomic E-state index is 0.530. The number of hydrogen-bond acceptors (Lipinski definition) is 2. The highest BCUT2D eigenvalue weighted by Gasteiger charge is 2.29. The van der Waals surface area contributed by atoms with Gasteiger partial charge in [0.05, 0.1) is 25.1 Å². The molecule has 2 aliphatic heterocycles. The van der Waals surface area contributed by atoms with E-state index in [0.717, 1.165) is 25.6 Å². The van der Waals surface area contributed by atoms with Crippen LogP contribution in [0.15, 0.2) is 11.8 Å². The van der Waals surface area contributed by atoms with Gasteiger partial charge in [-0.1, -0.05) is 20.3 Å². The topological polar surface area (TPSA) is 18.5 Å². The van der Waals surface area contributed by atoms with Gasteiger partial charge in [-0.05, 0) is 37.7 Å². The summed E-state index contributed by atoms with van der Waals surface area (Å²) in [7, 11) is 0. The highest BCUT2D eigenvalue weighted by Crippen LogP contribution is 2.32. The van der Waals surface area contributed by atoms with Crippen LogP contribution in [-0.4, -0.2) is 19.3 Å². The van der Waals surface area contributed by atoms with E-state index in [-0.39, 0.29) is 0 Å². The molecular formula is C15H26O2. The first-order valence-corrected chi connectivity index (χ1v) is 7.26. The molecule has 0 bridgehead atoms. The zero-order valence-corrected chi connectivity index (χ0v) is 11.3. The van der Waals surface area contributed by atoms with Gasteiger partial charge < -0.3 is 9.47 Å². The van der Waals surface area contributed by atoms with Crippen molar-refractivity contribution in [2.45, 2.75) is 58.5 Å². The summed E-state index contributed by atoms with van der Waals surface area (Å²) >= 11 is 0. The number of rotatable bonds is 4. The fraction of sp³-hybridized carbons (Fsp3) is 0.867. The van der Waals surface area contributed by atoms with Gasteiger partial charge in [-0.3, -0.25) is 0 Å². The van der Waals surface area contributed by atoms with Crippen LogP contribution in [0.2, 0.25) is 0 Å². The van der Waals surface area contributed by atoms with Gasteiger partial charge in [0.15, 0.2) is 0 Å². The average Bonchev–Trinajstić information content (AvgIpc) is 2.40. The number of allylic oxidation sites excluding steroid dienone is 2. The molecule has 0 spiro atoms. The Balaban J connectivity index is 1.76. The van der Waals surface area contributed by atoms with Crippen LogP contribution >= 0.6 is 0 Å². The second-order valence-corrected chi connectivity index (χ2v) is 5.41. The standard InChI is InChI=1S/C15H26O2/c1-3-5-15-9-7-13(11-17-15)12-6-8-14(4-2)16-10-12/h8,12-13,15H,3-7,9-11H2,1-2H3. The zero-order valence-electron chi connectivity index (χ0n) is 11.3. The zero-order chi connectivity index (χ0) is 12.1. The van der Waals surface area contributed by atoms with Gasteiger partial charge in [0.2, 0.25) is 0 Å². The Labute approximate surface area is 105 Å². The third-order valence-corrected chi connectivity index (χ3v) is 4.16. The predicted molar refractivity (Wildman–Crippen MR) is 69.8 cm³/mol. The van der Waals surface area contributed by atoms with Crippen LogP contribution in [0.1, 0.15) is 52.4 Å². The predicted octanol–water partition coefficient (Wildman–Crippen LogP) is 3.91. The normalized spacial score (nSPS) is 34.0. The van der Waals surface area contributed by atoms with E-state index in [0.29, 0.717) is 12.0 Å². The van der Waals surface area contributed by atoms with Crippen molar-refractivity contribution in [3.63, 3.8) is 0 Å². The molecule has 2 aliphatic rings. The van der Waals surface area contributed by atoms with Gasteiger partial charge in [-0.25, -0.2) is 0 Å². The smallest absolute Gasteiger partial charge is 0.0917 e. The fourth-order valence-electron chi connectivity index (χ4n) is 2.95. The highest BCUT2D eigenvalue weighted by atomic mass is 16.5. The van der Waals surface area contributed by atoms with Crippen LogP contribution in [0.5, 0.6) is 0 Å². The molecule has 1 saturated heterocycles. The summed E-state index contributed by atoms with van der Waals surface area (Å²) in [5.41, 5.74) is 0. The Morgan fingerprint density at radius 3 is 2.59 bits per heavy atom. The molecule has 0 aliphatic carbocycles. The molecule has 17 heavy (non-hydrogen) atoms. The molecule has 2 nitrogen and oxygen atoms in total. The number of hydrogen-bond donors (Lipinski definition) is 0. The van der Waals surface area contributed by atoms with Crippen molar-refractivity contribution < 1.29 is 9.47 Å². The van der Waals surface area contributed by atoms with Gasteiger partial charge >= 0.3 is 0 Å². The summed E-state index contributed by atoms with van der Waals surface area (Å²) in [6.45, 7) is 6.26. The van der Waals surface area contributed by atoms with E-state index in [1.54, 1.807) is 0 Å². The van der Waals surface area contributed by atoms with E-state index in [4.69, 9.17) is 9.47 Å². The molecule has 0 aromatic rings. The molecule has 0 radical (unpaired) electrons. The van der Waals surface area contributed by atoms with Crippen molar-refractivity contribution in [2.75, 3.05) is 13.2 Å². The van der Waals surface area contributed by atoms with E-state index in [9.17, 15) is 0 Å². The first-order valence-electron chi connectivity index (χ1n) is 7.26. The van der Waals surface area contributed by atoms with E-state index >= 15 is 0 Å². The van der Waals surface area contributed by atoms with Gasteiger partial charge in [0.25, 0.3) is 0 Å². The van der Waals surface area contributed by atoms with Crippen molar-refractivity contribution in [1.29, 1.82) is 0 Å². The lowest BCUT2D eigenvalue weighted by molar-refractivity contribution is -0.0471. The lowest BCUT2D eigenvalue weighted by Gasteiger charge is -2.35. The Hall–Kier alpha value is -0.500. The van der Waals surface area contributed by atoms with E-state index < -0.39 is 0 Å². The highest BCUT2D eigenvalue weighted by molar-refractivity contribution is 4.98. The Morgan fingerprint density at radius 1 is 1.18 bits per heavy atom. The molecule has 0 N–H and O–H groups in total. The minimum Gasteiger partial charge on any atom is -0.498 e. The molecule has 0 amide bonds. The summed E-state index contributed by atoms with van der Waals surface area (Å²) in [6.07, 6.45) is 10.1. The van der Waals surface area contributed by atoms with E-state index in [1.165, 1.54) is 37.9 Å². The molecule has 3 unspecified atom stereocenters. The van der Waals surface area contributed by atoms with E-state index in [1.807, 2.05) is 0 Å². The summed E-state index contributed by atoms with van der Waals surface area (Å²) in [5.74, 6) is 2.59. The molecular weight excluding hydrogens is 212 g/mol. The average molecular weight is 238 g/mol. The van der Waals surface area contributed by atoms with Crippen molar-refractivity contribution in [3.05, 3.63) is 11.8 Å². The van der Waals surface area contributed by atoms with Crippen LogP contribution in [0.4, 0.5) is 0 Å². The lowest BCUT2D eigenvalue weighted by Crippen LogP contribution is -2.33. The summed E-state index contributed by atoms with van der Waals surface area (Å²) < 4.78 is 11.7. The van der Waals surface area contributed by atoms with E-state index in [2.05, 4.69) is 19.9 Å². The maximum absolute atomic E-state index is 5.96. The maximum atomic E-state index is 5.96. The van der Waals surface area contributed by atoms with Crippen molar-refractivity contribution in [1.82, 2.24) is 0 Å². The van der Waals surface area contributed by atoms with Gasteiger partial charge in [-0.15, -0.1) is 0 Å². The third-order valence-electron chi connectivity index (χ3n) is 4.16. The molecule has 2 heteroatoms. The van der Waals surface area contributed by atoms with Gasteiger partial charge in [0, 0.05) is 12.3 Å². The van der Waals surface area contributed by atoms with Gasteiger partial charge in [-0.2, -0.15) is 0 Å². The Bertz CT molecular complexity index is 252. The summed E-state index contributed by atoms with van der Waals surface area (Å²) in [4.78, 5) is 0. The minimum atomic E-state index is 0.530. The van der Waals surface area contributed by atoms with Crippen molar-refractivity contribution >= 4 is 0 Å². The molecule has 0 aromatic carbocycles. The lowest BCUT2D eigenvalue weighted by atomic mass is 9.83. The number of ether oxygens (including phenoxy) is 2. The SMILES string of the molecule is CCCC1CCC(C2CC=C(CC)OC2)CO1.